The second kappa shape index (κ2) is 6.63. The Bertz CT molecular complexity index is 329. The SMILES string of the molecule is CC[C@@H](Br)C(=O)N(C)CCc1ccccn1. The smallest absolute Gasteiger partial charge is 0.236 e. The normalized spacial score (nSPS) is 12.2. The molecule has 16 heavy (non-hydrogen) atoms. The average molecular weight is 285 g/mol. The molecule has 0 aliphatic rings. The van der Waals surface area contributed by atoms with Crippen LogP contribution in [0, 0.1) is 0 Å². The van der Waals surface area contributed by atoms with Gasteiger partial charge in [-0.3, -0.25) is 9.78 Å². The summed E-state index contributed by atoms with van der Waals surface area (Å²) in [5.74, 6) is 0.137. The summed E-state index contributed by atoms with van der Waals surface area (Å²) in [4.78, 5) is 17.7. The molecule has 0 bridgehead atoms. The number of nitrogens with zero attached hydrogens (tertiary/aromatic N) is 2. The van der Waals surface area contributed by atoms with Gasteiger partial charge in [0.2, 0.25) is 5.91 Å². The summed E-state index contributed by atoms with van der Waals surface area (Å²) in [6.45, 7) is 2.70. The quantitative estimate of drug-likeness (QED) is 0.777. The number of pyridine rings is 1. The molecule has 4 heteroatoms. The Morgan fingerprint density at radius 3 is 2.88 bits per heavy atom. The first-order valence-corrected chi connectivity index (χ1v) is 6.35. The zero-order valence-electron chi connectivity index (χ0n) is 9.69. The minimum atomic E-state index is -0.0683. The average Bonchev–Trinajstić information content (AvgIpc) is 2.35. The largest absolute Gasteiger partial charge is 0.344 e. The number of halogens is 1. The lowest BCUT2D eigenvalue weighted by molar-refractivity contribution is -0.129. The molecule has 88 valence electrons. The van der Waals surface area contributed by atoms with Gasteiger partial charge in [0, 0.05) is 31.9 Å². The van der Waals surface area contributed by atoms with E-state index >= 15 is 0 Å². The summed E-state index contributed by atoms with van der Waals surface area (Å²) in [5.41, 5.74) is 1.02. The number of hydrogen-bond acceptors (Lipinski definition) is 2. The van der Waals surface area contributed by atoms with E-state index in [0.717, 1.165) is 18.5 Å². The molecule has 1 heterocycles. The van der Waals surface area contributed by atoms with Gasteiger partial charge in [0.05, 0.1) is 4.83 Å². The molecule has 0 saturated carbocycles. The van der Waals surface area contributed by atoms with Crippen molar-refractivity contribution in [3.05, 3.63) is 30.1 Å². The standard InChI is InChI=1S/C12H17BrN2O/c1-3-11(13)12(16)15(2)9-7-10-6-4-5-8-14-10/h4-6,8,11H,3,7,9H2,1-2H3/t11-/m1/s1. The van der Waals surface area contributed by atoms with Gasteiger partial charge >= 0.3 is 0 Å². The van der Waals surface area contributed by atoms with E-state index in [1.807, 2.05) is 32.2 Å². The molecule has 0 N–H and O–H groups in total. The number of carbonyl (C=O) groups is 1. The fraction of sp³-hybridized carbons (Fsp3) is 0.500. The van der Waals surface area contributed by atoms with Crippen LogP contribution in [0.1, 0.15) is 19.0 Å². The Morgan fingerprint density at radius 1 is 1.56 bits per heavy atom. The van der Waals surface area contributed by atoms with Gasteiger partial charge in [0.25, 0.3) is 0 Å². The van der Waals surface area contributed by atoms with Crippen LogP contribution in [-0.2, 0) is 11.2 Å². The van der Waals surface area contributed by atoms with E-state index in [2.05, 4.69) is 20.9 Å². The zero-order valence-corrected chi connectivity index (χ0v) is 11.3. The predicted octanol–water partition coefficient (Wildman–Crippen LogP) is 2.26. The second-order valence-electron chi connectivity index (χ2n) is 3.71. The highest BCUT2D eigenvalue weighted by molar-refractivity contribution is 9.10. The van der Waals surface area contributed by atoms with E-state index in [-0.39, 0.29) is 10.7 Å². The van der Waals surface area contributed by atoms with E-state index in [1.54, 1.807) is 11.1 Å². The molecule has 3 nitrogen and oxygen atoms in total. The van der Waals surface area contributed by atoms with Crippen LogP contribution >= 0.6 is 15.9 Å². The van der Waals surface area contributed by atoms with Crippen molar-refractivity contribution in [3.63, 3.8) is 0 Å². The zero-order chi connectivity index (χ0) is 12.0. The molecule has 0 saturated heterocycles. The van der Waals surface area contributed by atoms with Crippen molar-refractivity contribution in [1.29, 1.82) is 0 Å². The summed E-state index contributed by atoms with van der Waals surface area (Å²) >= 11 is 3.36. The molecule has 1 amide bonds. The van der Waals surface area contributed by atoms with E-state index < -0.39 is 0 Å². The van der Waals surface area contributed by atoms with Crippen LogP contribution in [0.2, 0.25) is 0 Å². The van der Waals surface area contributed by atoms with Gasteiger partial charge in [0.15, 0.2) is 0 Å². The number of rotatable bonds is 5. The van der Waals surface area contributed by atoms with Gasteiger partial charge in [0.1, 0.15) is 0 Å². The molecule has 1 aromatic rings. The molecule has 0 radical (unpaired) electrons. The number of aromatic nitrogens is 1. The molecule has 1 atom stereocenters. The monoisotopic (exact) mass is 284 g/mol. The minimum Gasteiger partial charge on any atom is -0.344 e. The van der Waals surface area contributed by atoms with Gasteiger partial charge in [-0.1, -0.05) is 28.9 Å². The number of carbonyl (C=O) groups excluding carboxylic acids is 1. The maximum absolute atomic E-state index is 11.8. The fourth-order valence-corrected chi connectivity index (χ4v) is 1.70. The predicted molar refractivity (Wildman–Crippen MR) is 68.6 cm³/mol. The van der Waals surface area contributed by atoms with Crippen molar-refractivity contribution < 1.29 is 4.79 Å². The summed E-state index contributed by atoms with van der Waals surface area (Å²) in [6.07, 6.45) is 3.38. The van der Waals surface area contributed by atoms with Crippen molar-refractivity contribution in [2.24, 2.45) is 0 Å². The van der Waals surface area contributed by atoms with Crippen LogP contribution in [0.15, 0.2) is 24.4 Å². The fourth-order valence-electron chi connectivity index (χ4n) is 1.35. The summed E-state index contributed by atoms with van der Waals surface area (Å²) in [7, 11) is 1.83. The van der Waals surface area contributed by atoms with E-state index in [9.17, 15) is 4.79 Å². The van der Waals surface area contributed by atoms with Crippen LogP contribution in [-0.4, -0.2) is 34.2 Å². The van der Waals surface area contributed by atoms with Gasteiger partial charge in [-0.25, -0.2) is 0 Å². The summed E-state index contributed by atoms with van der Waals surface area (Å²) in [5, 5.41) is 0. The summed E-state index contributed by atoms with van der Waals surface area (Å²) < 4.78 is 0. The van der Waals surface area contributed by atoms with Crippen LogP contribution in [0.3, 0.4) is 0 Å². The second-order valence-corrected chi connectivity index (χ2v) is 4.81. The molecule has 0 spiro atoms. The first-order chi connectivity index (χ1) is 7.65. The van der Waals surface area contributed by atoms with Gasteiger partial charge in [-0.05, 0) is 18.6 Å². The van der Waals surface area contributed by atoms with Crippen molar-refractivity contribution in [2.45, 2.75) is 24.6 Å². The Morgan fingerprint density at radius 2 is 2.31 bits per heavy atom. The van der Waals surface area contributed by atoms with E-state index in [0.29, 0.717) is 6.54 Å². The third-order valence-corrected chi connectivity index (χ3v) is 3.47. The highest BCUT2D eigenvalue weighted by Gasteiger charge is 2.16. The van der Waals surface area contributed by atoms with Crippen LogP contribution in [0.4, 0.5) is 0 Å². The van der Waals surface area contributed by atoms with E-state index in [4.69, 9.17) is 0 Å². The van der Waals surface area contributed by atoms with Gasteiger partial charge < -0.3 is 4.90 Å². The van der Waals surface area contributed by atoms with Gasteiger partial charge in [-0.2, -0.15) is 0 Å². The Labute approximate surface area is 105 Å². The molecule has 0 aliphatic carbocycles. The number of amides is 1. The number of hydrogen-bond donors (Lipinski definition) is 0. The number of likely N-dealkylation sites (N-methyl/N-ethyl adjacent to an activating group) is 1. The highest BCUT2D eigenvalue weighted by Crippen LogP contribution is 2.08. The Balaban J connectivity index is 2.41. The van der Waals surface area contributed by atoms with Crippen molar-refractivity contribution in [3.8, 4) is 0 Å². The van der Waals surface area contributed by atoms with Crippen molar-refractivity contribution >= 4 is 21.8 Å². The molecule has 0 aliphatic heterocycles. The Hall–Kier alpha value is -0.900. The first kappa shape index (κ1) is 13.2. The summed E-state index contributed by atoms with van der Waals surface area (Å²) in [6, 6.07) is 5.83. The lowest BCUT2D eigenvalue weighted by Gasteiger charge is -2.19. The highest BCUT2D eigenvalue weighted by atomic mass is 79.9. The molecule has 0 unspecified atom stereocenters. The molecular weight excluding hydrogens is 268 g/mol. The topological polar surface area (TPSA) is 33.2 Å². The van der Waals surface area contributed by atoms with Gasteiger partial charge in [-0.15, -0.1) is 0 Å². The third kappa shape index (κ3) is 3.93. The van der Waals surface area contributed by atoms with Crippen molar-refractivity contribution in [1.82, 2.24) is 9.88 Å². The lowest BCUT2D eigenvalue weighted by atomic mass is 10.2. The Kier molecular flexibility index (Phi) is 5.46. The maximum Gasteiger partial charge on any atom is 0.236 e. The lowest BCUT2D eigenvalue weighted by Crippen LogP contribution is -2.34. The minimum absolute atomic E-state index is 0.0683. The van der Waals surface area contributed by atoms with Crippen LogP contribution in [0.5, 0.6) is 0 Å². The molecular formula is C12H17BrN2O. The molecule has 0 aromatic carbocycles. The van der Waals surface area contributed by atoms with Crippen molar-refractivity contribution in [2.75, 3.05) is 13.6 Å². The third-order valence-electron chi connectivity index (χ3n) is 2.43. The first-order valence-electron chi connectivity index (χ1n) is 5.44. The van der Waals surface area contributed by atoms with Crippen LogP contribution < -0.4 is 0 Å². The molecule has 1 aromatic heterocycles. The molecule has 1 rings (SSSR count). The maximum atomic E-state index is 11.8. The van der Waals surface area contributed by atoms with Crippen LogP contribution in [0.25, 0.3) is 0 Å². The number of alkyl halides is 1. The van der Waals surface area contributed by atoms with E-state index in [1.165, 1.54) is 0 Å². The molecule has 0 fully saturated rings.